The summed E-state index contributed by atoms with van der Waals surface area (Å²) in [6, 6.07) is -0.235. The van der Waals surface area contributed by atoms with Gasteiger partial charge in [0.2, 0.25) is 0 Å². The zero-order chi connectivity index (χ0) is 8.43. The second kappa shape index (κ2) is 3.06. The van der Waals surface area contributed by atoms with Crippen molar-refractivity contribution in [2.24, 2.45) is 0 Å². The number of carbonyl (C=O) groups excluding carboxylic acids is 1. The maximum atomic E-state index is 11.1. The summed E-state index contributed by atoms with van der Waals surface area (Å²) in [5.74, 6) is 0. The smallest absolute Gasteiger partial charge is 0.343 e. The number of aliphatic hydroxyl groups is 1. The highest BCUT2D eigenvalue weighted by molar-refractivity contribution is 5.72. The van der Waals surface area contributed by atoms with Crippen molar-refractivity contribution in [3.63, 3.8) is 0 Å². The van der Waals surface area contributed by atoms with Crippen molar-refractivity contribution in [3.05, 3.63) is 0 Å². The molecule has 0 aromatic heterocycles. The molecule has 11 heavy (non-hydrogen) atoms. The summed E-state index contributed by atoms with van der Waals surface area (Å²) in [5, 5.41) is 10.2. The highest BCUT2D eigenvalue weighted by Crippen LogP contribution is 2.06. The summed E-state index contributed by atoms with van der Waals surface area (Å²) in [5.41, 5.74) is 0. The van der Waals surface area contributed by atoms with Crippen molar-refractivity contribution in [2.75, 3.05) is 27.2 Å². The van der Waals surface area contributed by atoms with Crippen LogP contribution < -0.4 is 0 Å². The van der Waals surface area contributed by atoms with Gasteiger partial charge in [-0.3, -0.25) is 4.84 Å². The van der Waals surface area contributed by atoms with Gasteiger partial charge in [-0.15, -0.1) is 0 Å². The fourth-order valence-corrected chi connectivity index (χ4v) is 0.829. The van der Waals surface area contributed by atoms with Gasteiger partial charge in [-0.2, -0.15) is 0 Å². The Balaban J connectivity index is 2.43. The van der Waals surface area contributed by atoms with Crippen molar-refractivity contribution in [1.82, 2.24) is 9.96 Å². The fourth-order valence-electron chi connectivity index (χ4n) is 0.829. The van der Waals surface area contributed by atoms with Crippen LogP contribution in [-0.2, 0) is 4.84 Å². The van der Waals surface area contributed by atoms with Gasteiger partial charge < -0.3 is 10.0 Å². The van der Waals surface area contributed by atoms with Crippen LogP contribution in [-0.4, -0.2) is 54.5 Å². The van der Waals surface area contributed by atoms with Crippen LogP contribution in [0, 0.1) is 0 Å². The Bertz CT molecular complexity index is 160. The van der Waals surface area contributed by atoms with Crippen molar-refractivity contribution >= 4 is 6.03 Å². The first-order chi connectivity index (χ1) is 5.11. The van der Waals surface area contributed by atoms with Crippen LogP contribution in [0.1, 0.15) is 0 Å². The first-order valence-corrected chi connectivity index (χ1v) is 3.41. The van der Waals surface area contributed by atoms with Gasteiger partial charge >= 0.3 is 6.03 Å². The first kappa shape index (κ1) is 8.29. The minimum Gasteiger partial charge on any atom is -0.389 e. The van der Waals surface area contributed by atoms with Crippen LogP contribution in [0.4, 0.5) is 4.79 Å². The van der Waals surface area contributed by atoms with Gasteiger partial charge in [-0.25, -0.2) is 9.86 Å². The molecule has 1 heterocycles. The van der Waals surface area contributed by atoms with Crippen molar-refractivity contribution in [3.8, 4) is 0 Å². The second-order valence-electron chi connectivity index (χ2n) is 2.69. The SMILES string of the molecule is CN(C)C(=O)N1C[C@H](O)CO1. The number of amides is 2. The normalized spacial score (nSPS) is 23.9. The number of hydroxylamine groups is 2. The Morgan fingerprint density at radius 1 is 1.73 bits per heavy atom. The molecule has 1 rings (SSSR count). The first-order valence-electron chi connectivity index (χ1n) is 3.41. The van der Waals surface area contributed by atoms with Gasteiger partial charge in [0.25, 0.3) is 0 Å². The lowest BCUT2D eigenvalue weighted by molar-refractivity contribution is -0.0753. The predicted octanol–water partition coefficient (Wildman–Crippen LogP) is -0.724. The van der Waals surface area contributed by atoms with Crippen molar-refractivity contribution in [2.45, 2.75) is 6.10 Å². The quantitative estimate of drug-likeness (QED) is 0.508. The third kappa shape index (κ3) is 1.81. The molecule has 1 atom stereocenters. The van der Waals surface area contributed by atoms with Crippen LogP contribution in [0.25, 0.3) is 0 Å². The van der Waals surface area contributed by atoms with E-state index in [1.165, 1.54) is 4.90 Å². The lowest BCUT2D eigenvalue weighted by atomic mass is 10.4. The molecule has 0 radical (unpaired) electrons. The summed E-state index contributed by atoms with van der Waals surface area (Å²) >= 11 is 0. The van der Waals surface area contributed by atoms with Gasteiger partial charge in [0.05, 0.1) is 6.54 Å². The Labute approximate surface area is 65.1 Å². The molecule has 0 aliphatic carbocycles. The highest BCUT2D eigenvalue weighted by atomic mass is 16.7. The zero-order valence-corrected chi connectivity index (χ0v) is 6.65. The van der Waals surface area contributed by atoms with Gasteiger partial charge in [-0.1, -0.05) is 0 Å². The molecule has 1 saturated heterocycles. The Morgan fingerprint density at radius 2 is 2.36 bits per heavy atom. The van der Waals surface area contributed by atoms with Crippen LogP contribution in [0.2, 0.25) is 0 Å². The number of hydrogen-bond acceptors (Lipinski definition) is 3. The summed E-state index contributed by atoms with van der Waals surface area (Å²) in [6.45, 7) is 0.469. The summed E-state index contributed by atoms with van der Waals surface area (Å²) in [6.07, 6.45) is -0.543. The Kier molecular flexibility index (Phi) is 2.31. The molecule has 1 fully saturated rings. The predicted molar refractivity (Wildman–Crippen MR) is 37.7 cm³/mol. The monoisotopic (exact) mass is 160 g/mol. The zero-order valence-electron chi connectivity index (χ0n) is 6.65. The highest BCUT2D eigenvalue weighted by Gasteiger charge is 2.26. The second-order valence-corrected chi connectivity index (χ2v) is 2.69. The van der Waals surface area contributed by atoms with E-state index in [4.69, 9.17) is 9.94 Å². The third-order valence-electron chi connectivity index (χ3n) is 1.40. The Hall–Kier alpha value is -0.810. The van der Waals surface area contributed by atoms with Crippen LogP contribution in [0.5, 0.6) is 0 Å². The molecular formula is C6H12N2O3. The molecule has 5 nitrogen and oxygen atoms in total. The topological polar surface area (TPSA) is 53.0 Å². The molecule has 64 valence electrons. The number of nitrogens with zero attached hydrogens (tertiary/aromatic N) is 2. The van der Waals surface area contributed by atoms with E-state index < -0.39 is 6.10 Å². The number of rotatable bonds is 0. The molecular weight excluding hydrogens is 148 g/mol. The maximum Gasteiger partial charge on any atom is 0.343 e. The summed E-state index contributed by atoms with van der Waals surface area (Å²) in [4.78, 5) is 17.4. The molecule has 0 unspecified atom stereocenters. The summed E-state index contributed by atoms with van der Waals surface area (Å²) in [7, 11) is 3.27. The van der Waals surface area contributed by atoms with E-state index in [-0.39, 0.29) is 19.2 Å². The number of carbonyl (C=O) groups is 1. The van der Waals surface area contributed by atoms with Crippen LogP contribution >= 0.6 is 0 Å². The maximum absolute atomic E-state index is 11.1. The van der Waals surface area contributed by atoms with Gasteiger partial charge in [0, 0.05) is 14.1 Å². The van der Waals surface area contributed by atoms with Gasteiger partial charge in [-0.05, 0) is 0 Å². The lowest BCUT2D eigenvalue weighted by Crippen LogP contribution is -2.37. The van der Waals surface area contributed by atoms with Gasteiger partial charge in [0.1, 0.15) is 12.7 Å². The fraction of sp³-hybridized carbons (Fsp3) is 0.833. The molecule has 1 N–H and O–H groups in total. The van der Waals surface area contributed by atoms with Crippen molar-refractivity contribution < 1.29 is 14.7 Å². The number of hydrogen-bond donors (Lipinski definition) is 1. The van der Waals surface area contributed by atoms with Crippen molar-refractivity contribution in [1.29, 1.82) is 0 Å². The van der Waals surface area contributed by atoms with E-state index in [1.54, 1.807) is 14.1 Å². The Morgan fingerprint density at radius 3 is 2.73 bits per heavy atom. The molecule has 0 saturated carbocycles. The average molecular weight is 160 g/mol. The molecule has 0 spiro atoms. The standard InChI is InChI=1S/C6H12N2O3/c1-7(2)6(10)8-3-5(9)4-11-8/h5,9H,3-4H2,1-2H3/t5-/m0/s1. The number of aliphatic hydroxyl groups excluding tert-OH is 1. The molecule has 1 aliphatic heterocycles. The van der Waals surface area contributed by atoms with E-state index in [0.717, 1.165) is 5.06 Å². The van der Waals surface area contributed by atoms with Crippen LogP contribution in [0.15, 0.2) is 0 Å². The van der Waals surface area contributed by atoms with E-state index in [2.05, 4.69) is 0 Å². The van der Waals surface area contributed by atoms with E-state index >= 15 is 0 Å². The average Bonchev–Trinajstić information content (AvgIpc) is 2.34. The molecule has 1 aliphatic rings. The molecule has 0 aromatic rings. The largest absolute Gasteiger partial charge is 0.389 e. The number of urea groups is 1. The minimum atomic E-state index is -0.543. The minimum absolute atomic E-state index is 0.208. The summed E-state index contributed by atoms with van der Waals surface area (Å²) < 4.78 is 0. The lowest BCUT2D eigenvalue weighted by Gasteiger charge is -2.18. The van der Waals surface area contributed by atoms with Gasteiger partial charge in [0.15, 0.2) is 0 Å². The molecule has 0 bridgehead atoms. The third-order valence-corrected chi connectivity index (χ3v) is 1.40. The van der Waals surface area contributed by atoms with E-state index in [1.807, 2.05) is 0 Å². The molecule has 2 amide bonds. The molecule has 0 aromatic carbocycles. The van der Waals surface area contributed by atoms with Crippen LogP contribution in [0.3, 0.4) is 0 Å². The van der Waals surface area contributed by atoms with E-state index in [9.17, 15) is 4.79 Å². The number of β-amino-alcohol motifs (C(OH)–C–C–N with tert-alkyl or cyclic N) is 1. The molecule has 5 heteroatoms. The van der Waals surface area contributed by atoms with E-state index in [0.29, 0.717) is 0 Å².